The molecule has 0 amide bonds. The second kappa shape index (κ2) is 12.6. The smallest absolute Gasteiger partial charge is 0.496 e. The number of methoxy groups -OCH3 is 2. The molecule has 0 aliphatic carbocycles. The quantitative estimate of drug-likeness (QED) is 0.104. The molecule has 234 valence electrons. The molecule has 0 aliphatic heterocycles. The van der Waals surface area contributed by atoms with Gasteiger partial charge in [0, 0.05) is 5.56 Å². The Balaban J connectivity index is 1.96. The van der Waals surface area contributed by atoms with Crippen LogP contribution in [-0.2, 0) is 26.8 Å². The van der Waals surface area contributed by atoms with E-state index in [0.29, 0.717) is 11.1 Å². The van der Waals surface area contributed by atoms with E-state index in [2.05, 4.69) is 4.18 Å². The van der Waals surface area contributed by atoms with Gasteiger partial charge in [-0.05, 0) is 47.0 Å². The Bertz CT molecular complexity index is 1860. The van der Waals surface area contributed by atoms with Gasteiger partial charge >= 0.3 is 25.7 Å². The third-order valence-corrected chi connectivity index (χ3v) is 7.40. The Hall–Kier alpha value is -4.50. The summed E-state index contributed by atoms with van der Waals surface area (Å²) in [7, 11) is -8.00. The molecule has 15 heteroatoms. The lowest BCUT2D eigenvalue weighted by Crippen LogP contribution is -2.28. The molecular weight excluding hydrogens is 632 g/mol. The molecule has 0 saturated carbocycles. The SMILES string of the molecule is COc1cc(-c2ccc(F)cc2)c(OC)c(OS(C)(=O)=O)c1-c1ccc(OCc2ccccc2)c(OS(=O)(=O)C(F)(F)F)c1. The molecule has 9 nitrogen and oxygen atoms in total. The van der Waals surface area contributed by atoms with E-state index >= 15 is 0 Å². The Morgan fingerprint density at radius 1 is 0.705 bits per heavy atom. The second-order valence-electron chi connectivity index (χ2n) is 9.08. The summed E-state index contributed by atoms with van der Waals surface area (Å²) in [5, 5.41) is 0. The zero-order valence-corrected chi connectivity index (χ0v) is 24.8. The minimum Gasteiger partial charge on any atom is -0.496 e. The molecule has 0 spiro atoms. The lowest BCUT2D eigenvalue weighted by Gasteiger charge is -2.21. The van der Waals surface area contributed by atoms with Gasteiger partial charge in [-0.25, -0.2) is 4.39 Å². The summed E-state index contributed by atoms with van der Waals surface area (Å²) in [4.78, 5) is 0. The van der Waals surface area contributed by atoms with Gasteiger partial charge < -0.3 is 22.6 Å². The lowest BCUT2D eigenvalue weighted by molar-refractivity contribution is -0.0500. The van der Waals surface area contributed by atoms with Crippen molar-refractivity contribution < 1.29 is 57.0 Å². The van der Waals surface area contributed by atoms with Gasteiger partial charge in [-0.1, -0.05) is 48.5 Å². The van der Waals surface area contributed by atoms with E-state index in [0.717, 1.165) is 30.5 Å². The molecule has 0 unspecified atom stereocenters. The van der Waals surface area contributed by atoms with E-state index in [1.165, 1.54) is 38.5 Å². The van der Waals surface area contributed by atoms with Crippen molar-refractivity contribution in [3.63, 3.8) is 0 Å². The molecule has 4 aromatic carbocycles. The van der Waals surface area contributed by atoms with Crippen molar-refractivity contribution in [2.75, 3.05) is 20.5 Å². The minimum absolute atomic E-state index is 0.0636. The monoisotopic (exact) mass is 656 g/mol. The fraction of sp³-hybridized carbons (Fsp3) is 0.172. The molecule has 44 heavy (non-hydrogen) atoms. The number of ether oxygens (including phenoxy) is 3. The third-order valence-electron chi connectivity index (χ3n) is 5.97. The molecule has 4 aromatic rings. The summed E-state index contributed by atoms with van der Waals surface area (Å²) in [6.45, 7) is -0.158. The van der Waals surface area contributed by atoms with Crippen LogP contribution in [0.1, 0.15) is 5.56 Å². The largest absolute Gasteiger partial charge is 0.534 e. The maximum Gasteiger partial charge on any atom is 0.534 e. The normalized spacial score (nSPS) is 12.0. The van der Waals surface area contributed by atoms with E-state index in [1.54, 1.807) is 30.3 Å². The first-order valence-electron chi connectivity index (χ1n) is 12.4. The Kier molecular flexibility index (Phi) is 9.30. The minimum atomic E-state index is -6.16. The molecule has 4 rings (SSSR count). The maximum absolute atomic E-state index is 13.6. The summed E-state index contributed by atoms with van der Waals surface area (Å²) in [6.07, 6.45) is 0.748. The van der Waals surface area contributed by atoms with Crippen LogP contribution in [0.4, 0.5) is 17.6 Å². The standard InChI is InChI=1S/C29H24F4O9S2/c1-38-25-16-22(19-9-12-21(30)13-10-19)27(39-2)28(42-43(3,34)35)26(25)20-11-14-23(40-17-18-7-5-4-6-8-18)24(15-20)41-44(36,37)29(31,32)33/h4-16H,17H2,1-3H3. The number of halogens is 4. The third kappa shape index (κ3) is 7.34. The van der Waals surface area contributed by atoms with Crippen molar-refractivity contribution in [2.45, 2.75) is 12.1 Å². The number of hydrogen-bond donors (Lipinski definition) is 0. The number of alkyl halides is 3. The fourth-order valence-electron chi connectivity index (χ4n) is 4.08. The average molecular weight is 657 g/mol. The highest BCUT2D eigenvalue weighted by atomic mass is 32.2. The molecule has 0 aliphatic rings. The van der Waals surface area contributed by atoms with Crippen molar-refractivity contribution in [3.05, 3.63) is 90.2 Å². The Morgan fingerprint density at radius 3 is 1.91 bits per heavy atom. The van der Waals surface area contributed by atoms with Crippen LogP contribution in [-0.4, -0.2) is 42.8 Å². The zero-order valence-electron chi connectivity index (χ0n) is 23.2. The highest BCUT2D eigenvalue weighted by molar-refractivity contribution is 7.88. The van der Waals surface area contributed by atoms with Gasteiger partial charge in [-0.3, -0.25) is 0 Å². The predicted molar refractivity (Wildman–Crippen MR) is 152 cm³/mol. The first-order chi connectivity index (χ1) is 20.6. The van der Waals surface area contributed by atoms with Crippen LogP contribution in [0.5, 0.6) is 28.7 Å². The van der Waals surface area contributed by atoms with Crippen molar-refractivity contribution in [1.82, 2.24) is 0 Å². The lowest BCUT2D eigenvalue weighted by atomic mass is 9.96. The van der Waals surface area contributed by atoms with Crippen LogP contribution < -0.4 is 22.6 Å². The Morgan fingerprint density at radius 2 is 1.34 bits per heavy atom. The first-order valence-corrected chi connectivity index (χ1v) is 15.6. The molecule has 0 saturated heterocycles. The van der Waals surface area contributed by atoms with Gasteiger partial charge in [0.05, 0.1) is 26.0 Å². The van der Waals surface area contributed by atoms with Crippen LogP contribution >= 0.6 is 0 Å². The average Bonchev–Trinajstić information content (AvgIpc) is 2.95. The van der Waals surface area contributed by atoms with Crippen molar-refractivity contribution in [3.8, 4) is 51.0 Å². The van der Waals surface area contributed by atoms with Crippen molar-refractivity contribution in [2.24, 2.45) is 0 Å². The zero-order chi connectivity index (χ0) is 32.3. The van der Waals surface area contributed by atoms with Crippen LogP contribution in [0.3, 0.4) is 0 Å². The highest BCUT2D eigenvalue weighted by Gasteiger charge is 2.49. The van der Waals surface area contributed by atoms with Crippen LogP contribution in [0, 0.1) is 5.82 Å². The van der Waals surface area contributed by atoms with Gasteiger partial charge in [0.2, 0.25) is 0 Å². The van der Waals surface area contributed by atoms with Gasteiger partial charge in [0.25, 0.3) is 0 Å². The molecular formula is C29H24F4O9S2. The van der Waals surface area contributed by atoms with Crippen molar-refractivity contribution in [1.29, 1.82) is 0 Å². The number of rotatable bonds is 11. The first kappa shape index (κ1) is 32.4. The highest BCUT2D eigenvalue weighted by Crippen LogP contribution is 2.52. The molecule has 0 atom stereocenters. The van der Waals surface area contributed by atoms with Crippen LogP contribution in [0.25, 0.3) is 22.3 Å². The molecule has 0 heterocycles. The predicted octanol–water partition coefficient (Wildman–Crippen LogP) is 6.32. The summed E-state index contributed by atoms with van der Waals surface area (Å²) in [5.41, 5.74) is -4.81. The second-order valence-corrected chi connectivity index (χ2v) is 12.2. The molecule has 0 aromatic heterocycles. The summed E-state index contributed by atoms with van der Waals surface area (Å²) >= 11 is 0. The van der Waals surface area contributed by atoms with E-state index in [9.17, 15) is 34.4 Å². The number of benzene rings is 4. The number of hydrogen-bond acceptors (Lipinski definition) is 9. The van der Waals surface area contributed by atoms with E-state index < -0.39 is 43.1 Å². The van der Waals surface area contributed by atoms with Gasteiger partial charge in [-0.2, -0.15) is 30.0 Å². The molecule has 0 bridgehead atoms. The van der Waals surface area contributed by atoms with Crippen LogP contribution in [0.15, 0.2) is 78.9 Å². The summed E-state index contributed by atoms with van der Waals surface area (Å²) in [5.74, 6) is -2.44. The molecule has 0 fully saturated rings. The van der Waals surface area contributed by atoms with Crippen LogP contribution in [0.2, 0.25) is 0 Å². The fourth-order valence-corrected chi connectivity index (χ4v) is 5.00. The van der Waals surface area contributed by atoms with Gasteiger partial charge in [-0.15, -0.1) is 0 Å². The van der Waals surface area contributed by atoms with E-state index in [4.69, 9.17) is 18.4 Å². The molecule has 0 N–H and O–H groups in total. The van der Waals surface area contributed by atoms with E-state index in [-0.39, 0.29) is 40.5 Å². The topological polar surface area (TPSA) is 114 Å². The van der Waals surface area contributed by atoms with E-state index in [1.807, 2.05) is 0 Å². The summed E-state index contributed by atoms with van der Waals surface area (Å²) in [6, 6.07) is 18.3. The summed E-state index contributed by atoms with van der Waals surface area (Å²) < 4.78 is 129. The van der Waals surface area contributed by atoms with Crippen molar-refractivity contribution >= 4 is 20.2 Å². The molecule has 0 radical (unpaired) electrons. The van der Waals surface area contributed by atoms with Gasteiger partial charge in [0.15, 0.2) is 23.0 Å². The maximum atomic E-state index is 13.6. The van der Waals surface area contributed by atoms with Gasteiger partial charge in [0.1, 0.15) is 18.2 Å². The Labute approximate surface area is 250 Å².